The van der Waals surface area contributed by atoms with Crippen LogP contribution in [0.15, 0.2) is 48.5 Å². The summed E-state index contributed by atoms with van der Waals surface area (Å²) in [6, 6.07) is 13.2. The first kappa shape index (κ1) is 18.1. The van der Waals surface area contributed by atoms with Gasteiger partial charge in [-0.1, -0.05) is 26.0 Å². The molecule has 0 saturated heterocycles. The van der Waals surface area contributed by atoms with Crippen LogP contribution in [0.3, 0.4) is 0 Å². The topological polar surface area (TPSA) is 33.3 Å². The molecule has 0 aliphatic carbocycles. The van der Waals surface area contributed by atoms with Crippen molar-refractivity contribution in [2.45, 2.75) is 26.1 Å². The zero-order valence-corrected chi connectivity index (χ0v) is 14.0. The van der Waals surface area contributed by atoms with E-state index in [0.29, 0.717) is 16.7 Å². The van der Waals surface area contributed by atoms with Gasteiger partial charge in [-0.25, -0.2) is 0 Å². The highest BCUT2D eigenvalue weighted by atomic mass is 32.1. The molecule has 0 unspecified atom stereocenters. The number of anilines is 2. The smallest absolute Gasteiger partial charge is 0.406 e. The second-order valence-electron chi connectivity index (χ2n) is 5.43. The van der Waals surface area contributed by atoms with E-state index in [-0.39, 0.29) is 5.75 Å². The predicted octanol–water partition coefficient (Wildman–Crippen LogP) is 5.52. The Bertz CT molecular complexity index is 700. The maximum atomic E-state index is 12.1. The van der Waals surface area contributed by atoms with E-state index in [1.54, 1.807) is 0 Å². The van der Waals surface area contributed by atoms with Gasteiger partial charge in [0.05, 0.1) is 0 Å². The van der Waals surface area contributed by atoms with Crippen molar-refractivity contribution in [2.75, 3.05) is 10.6 Å². The van der Waals surface area contributed by atoms with Crippen molar-refractivity contribution in [1.82, 2.24) is 0 Å². The number of hydrogen-bond donors (Lipinski definition) is 2. The fourth-order valence-corrected chi connectivity index (χ4v) is 2.24. The minimum atomic E-state index is -4.70. The van der Waals surface area contributed by atoms with Gasteiger partial charge in [-0.3, -0.25) is 0 Å². The maximum absolute atomic E-state index is 12.1. The van der Waals surface area contributed by atoms with Crippen molar-refractivity contribution in [3.05, 3.63) is 54.1 Å². The third-order valence-electron chi connectivity index (χ3n) is 3.16. The molecule has 0 heterocycles. The monoisotopic (exact) mass is 354 g/mol. The van der Waals surface area contributed by atoms with Crippen LogP contribution in [0.25, 0.3) is 0 Å². The fraction of sp³-hybridized carbons (Fsp3) is 0.235. The molecular weight excluding hydrogens is 337 g/mol. The third-order valence-corrected chi connectivity index (χ3v) is 3.36. The van der Waals surface area contributed by atoms with E-state index in [1.807, 2.05) is 24.3 Å². The van der Waals surface area contributed by atoms with E-state index >= 15 is 0 Å². The van der Waals surface area contributed by atoms with Crippen molar-refractivity contribution in [2.24, 2.45) is 0 Å². The Balaban J connectivity index is 1.96. The van der Waals surface area contributed by atoms with Crippen molar-refractivity contribution >= 4 is 28.7 Å². The van der Waals surface area contributed by atoms with Crippen molar-refractivity contribution < 1.29 is 17.9 Å². The lowest BCUT2D eigenvalue weighted by molar-refractivity contribution is -0.274. The van der Waals surface area contributed by atoms with E-state index in [0.717, 1.165) is 5.69 Å². The van der Waals surface area contributed by atoms with E-state index in [2.05, 4.69) is 29.2 Å². The minimum absolute atomic E-state index is 0.281. The number of rotatable bonds is 4. The molecular formula is C17H17F3N2OS. The number of hydrogen-bond acceptors (Lipinski definition) is 2. The van der Waals surface area contributed by atoms with Gasteiger partial charge in [-0.05, 0) is 60.1 Å². The molecule has 0 aliphatic rings. The number of thiocarbonyl (C=S) groups is 1. The molecule has 0 saturated carbocycles. The third kappa shape index (κ3) is 5.73. The second-order valence-corrected chi connectivity index (χ2v) is 5.84. The van der Waals surface area contributed by atoms with E-state index in [4.69, 9.17) is 12.2 Å². The van der Waals surface area contributed by atoms with E-state index in [1.165, 1.54) is 29.8 Å². The lowest BCUT2D eigenvalue weighted by atomic mass is 10.0. The van der Waals surface area contributed by atoms with Crippen LogP contribution in [0, 0.1) is 0 Å². The van der Waals surface area contributed by atoms with Crippen molar-refractivity contribution in [3.8, 4) is 5.75 Å². The first-order valence-electron chi connectivity index (χ1n) is 7.27. The minimum Gasteiger partial charge on any atom is -0.406 e. The zero-order valence-electron chi connectivity index (χ0n) is 13.1. The molecule has 0 bridgehead atoms. The summed E-state index contributed by atoms with van der Waals surface area (Å²) >= 11 is 5.21. The highest BCUT2D eigenvalue weighted by Gasteiger charge is 2.30. The molecule has 0 radical (unpaired) electrons. The van der Waals surface area contributed by atoms with Gasteiger partial charge in [0, 0.05) is 11.4 Å². The molecule has 0 amide bonds. The molecule has 24 heavy (non-hydrogen) atoms. The quantitative estimate of drug-likeness (QED) is 0.709. The van der Waals surface area contributed by atoms with E-state index < -0.39 is 6.36 Å². The Kier molecular flexibility index (Phi) is 5.66. The lowest BCUT2D eigenvalue weighted by Gasteiger charge is -2.13. The Labute approximate surface area is 143 Å². The van der Waals surface area contributed by atoms with Gasteiger partial charge < -0.3 is 15.4 Å². The molecule has 128 valence electrons. The van der Waals surface area contributed by atoms with Gasteiger partial charge in [0.25, 0.3) is 0 Å². The van der Waals surface area contributed by atoms with E-state index in [9.17, 15) is 13.2 Å². The molecule has 0 spiro atoms. The Morgan fingerprint density at radius 1 is 1.00 bits per heavy atom. The highest BCUT2D eigenvalue weighted by Crippen LogP contribution is 2.24. The van der Waals surface area contributed by atoms with Crippen LogP contribution in [-0.2, 0) is 0 Å². The summed E-state index contributed by atoms with van der Waals surface area (Å²) in [5.41, 5.74) is 2.58. The first-order chi connectivity index (χ1) is 11.2. The highest BCUT2D eigenvalue weighted by molar-refractivity contribution is 7.80. The summed E-state index contributed by atoms with van der Waals surface area (Å²) < 4.78 is 40.2. The SMILES string of the molecule is CC(C)c1cccc(NC(=S)Nc2ccc(OC(F)(F)F)cc2)c1. The largest absolute Gasteiger partial charge is 0.573 e. The van der Waals surface area contributed by atoms with Gasteiger partial charge in [0.1, 0.15) is 5.75 Å². The van der Waals surface area contributed by atoms with Gasteiger partial charge >= 0.3 is 6.36 Å². The van der Waals surface area contributed by atoms with Gasteiger partial charge in [0.15, 0.2) is 5.11 Å². The van der Waals surface area contributed by atoms with Crippen LogP contribution in [0.5, 0.6) is 5.75 Å². The summed E-state index contributed by atoms with van der Waals surface area (Å²) in [6.07, 6.45) is -4.70. The standard InChI is InChI=1S/C17H17F3N2OS/c1-11(2)12-4-3-5-14(10-12)22-16(24)21-13-6-8-15(9-7-13)23-17(18,19)20/h3-11H,1-2H3,(H2,21,22,24). The number of benzene rings is 2. The number of alkyl halides is 3. The molecule has 7 heteroatoms. The Morgan fingerprint density at radius 2 is 1.62 bits per heavy atom. The summed E-state index contributed by atoms with van der Waals surface area (Å²) in [5, 5.41) is 6.31. The average molecular weight is 354 g/mol. The van der Waals surface area contributed by atoms with Crippen molar-refractivity contribution in [1.29, 1.82) is 0 Å². The maximum Gasteiger partial charge on any atom is 0.573 e. The summed E-state index contributed by atoms with van der Waals surface area (Å²) in [7, 11) is 0. The van der Waals surface area contributed by atoms with Crippen LogP contribution in [0.4, 0.5) is 24.5 Å². The molecule has 0 aromatic heterocycles. The zero-order chi connectivity index (χ0) is 17.7. The number of ether oxygens (including phenoxy) is 1. The summed E-state index contributed by atoms with van der Waals surface area (Å²) in [5.74, 6) is 0.117. The molecule has 2 aromatic carbocycles. The molecule has 3 nitrogen and oxygen atoms in total. The van der Waals surface area contributed by atoms with Gasteiger partial charge in [0.2, 0.25) is 0 Å². The first-order valence-corrected chi connectivity index (χ1v) is 7.67. The normalized spacial score (nSPS) is 11.2. The van der Waals surface area contributed by atoms with Crippen LogP contribution < -0.4 is 15.4 Å². The Morgan fingerprint density at radius 3 is 2.21 bits per heavy atom. The average Bonchev–Trinajstić information content (AvgIpc) is 2.48. The molecule has 0 aliphatic heterocycles. The second kappa shape index (κ2) is 7.53. The predicted molar refractivity (Wildman–Crippen MR) is 93.5 cm³/mol. The molecule has 2 rings (SSSR count). The fourth-order valence-electron chi connectivity index (χ4n) is 2.01. The molecule has 2 aromatic rings. The van der Waals surface area contributed by atoms with Gasteiger partial charge in [-0.2, -0.15) is 0 Å². The Hall–Kier alpha value is -2.28. The van der Waals surface area contributed by atoms with Crippen LogP contribution in [0.2, 0.25) is 0 Å². The molecule has 0 fully saturated rings. The summed E-state index contributed by atoms with van der Waals surface area (Å²) in [4.78, 5) is 0. The number of nitrogens with one attached hydrogen (secondary N) is 2. The van der Waals surface area contributed by atoms with Crippen LogP contribution in [0.1, 0.15) is 25.3 Å². The number of halogens is 3. The summed E-state index contributed by atoms with van der Waals surface area (Å²) in [6.45, 7) is 4.19. The molecule has 2 N–H and O–H groups in total. The van der Waals surface area contributed by atoms with Crippen LogP contribution in [-0.4, -0.2) is 11.5 Å². The van der Waals surface area contributed by atoms with Crippen molar-refractivity contribution in [3.63, 3.8) is 0 Å². The molecule has 0 atom stereocenters. The van der Waals surface area contributed by atoms with Gasteiger partial charge in [-0.15, -0.1) is 13.2 Å². The lowest BCUT2D eigenvalue weighted by Crippen LogP contribution is -2.19. The van der Waals surface area contributed by atoms with Crippen LogP contribution >= 0.6 is 12.2 Å².